The molecule has 0 heterocycles. The molecule has 0 radical (unpaired) electrons. The topological polar surface area (TPSA) is 113 Å². The molecule has 0 aliphatic rings. The highest BCUT2D eigenvalue weighted by Crippen LogP contribution is 2.11. The largest absolute Gasteiger partial charge is 0.481 e. The van der Waals surface area contributed by atoms with Crippen LogP contribution in [0.1, 0.15) is 18.0 Å². The molecular formula is C12H16N2O4. The number of nitrogens with one attached hydrogen (secondary N) is 1. The first-order valence-electron chi connectivity index (χ1n) is 5.48. The number of carbonyl (C=O) groups excluding carboxylic acids is 1. The van der Waals surface area contributed by atoms with E-state index in [1.807, 2.05) is 6.07 Å². The number of amides is 1. The average molecular weight is 252 g/mol. The van der Waals surface area contributed by atoms with Crippen LogP contribution in [0, 0.1) is 0 Å². The fourth-order valence-corrected chi connectivity index (χ4v) is 1.48. The van der Waals surface area contributed by atoms with Gasteiger partial charge in [0.2, 0.25) is 5.91 Å². The molecule has 0 aliphatic heterocycles. The van der Waals surface area contributed by atoms with E-state index < -0.39 is 30.4 Å². The lowest BCUT2D eigenvalue weighted by molar-refractivity contribution is -0.139. The lowest BCUT2D eigenvalue weighted by atomic mass is 10.1. The summed E-state index contributed by atoms with van der Waals surface area (Å²) in [5.74, 6) is -1.74. The summed E-state index contributed by atoms with van der Waals surface area (Å²) in [6.45, 7) is -0.282. The van der Waals surface area contributed by atoms with Gasteiger partial charge in [-0.15, -0.1) is 0 Å². The third-order valence-corrected chi connectivity index (χ3v) is 2.43. The van der Waals surface area contributed by atoms with E-state index in [0.29, 0.717) is 0 Å². The Kier molecular flexibility index (Phi) is 5.29. The number of carboxylic acids is 1. The molecule has 0 saturated carbocycles. The van der Waals surface area contributed by atoms with Crippen LogP contribution in [0.4, 0.5) is 0 Å². The van der Waals surface area contributed by atoms with Gasteiger partial charge in [0, 0.05) is 0 Å². The van der Waals surface area contributed by atoms with E-state index in [1.165, 1.54) is 0 Å². The van der Waals surface area contributed by atoms with Crippen LogP contribution in [-0.2, 0) is 9.59 Å². The summed E-state index contributed by atoms with van der Waals surface area (Å²) in [4.78, 5) is 22.0. The van der Waals surface area contributed by atoms with E-state index in [9.17, 15) is 14.7 Å². The van der Waals surface area contributed by atoms with Crippen molar-refractivity contribution in [3.05, 3.63) is 35.9 Å². The highest BCUT2D eigenvalue weighted by atomic mass is 16.4. The summed E-state index contributed by atoms with van der Waals surface area (Å²) in [7, 11) is 0. The molecular weight excluding hydrogens is 236 g/mol. The number of aliphatic hydroxyl groups is 1. The van der Waals surface area contributed by atoms with Crippen molar-refractivity contribution in [2.24, 2.45) is 5.73 Å². The van der Waals surface area contributed by atoms with Crippen molar-refractivity contribution in [2.75, 3.05) is 6.61 Å². The van der Waals surface area contributed by atoms with Crippen LogP contribution in [0.5, 0.6) is 0 Å². The zero-order valence-electron chi connectivity index (χ0n) is 9.74. The average Bonchev–Trinajstić information content (AvgIpc) is 2.35. The van der Waals surface area contributed by atoms with E-state index in [4.69, 9.17) is 10.8 Å². The fraction of sp³-hybridized carbons (Fsp3) is 0.333. The van der Waals surface area contributed by atoms with Crippen LogP contribution in [0.25, 0.3) is 0 Å². The summed E-state index contributed by atoms with van der Waals surface area (Å²) in [6.07, 6.45) is -0.446. The van der Waals surface area contributed by atoms with Gasteiger partial charge >= 0.3 is 5.97 Å². The minimum Gasteiger partial charge on any atom is -0.481 e. The summed E-state index contributed by atoms with van der Waals surface area (Å²) >= 11 is 0. The van der Waals surface area contributed by atoms with E-state index >= 15 is 0 Å². The minimum atomic E-state index is -1.14. The van der Waals surface area contributed by atoms with E-state index in [2.05, 4.69) is 5.32 Å². The molecule has 0 aromatic heterocycles. The fourth-order valence-electron chi connectivity index (χ4n) is 1.48. The molecule has 0 fully saturated rings. The van der Waals surface area contributed by atoms with Gasteiger partial charge in [-0.25, -0.2) is 0 Å². The van der Waals surface area contributed by atoms with Gasteiger partial charge in [0.15, 0.2) is 0 Å². The number of hydrogen-bond acceptors (Lipinski definition) is 4. The van der Waals surface area contributed by atoms with Crippen molar-refractivity contribution in [1.82, 2.24) is 5.32 Å². The maximum Gasteiger partial charge on any atom is 0.305 e. The second-order valence-corrected chi connectivity index (χ2v) is 3.86. The molecule has 1 aromatic rings. The minimum absolute atomic E-state index is 0.282. The van der Waals surface area contributed by atoms with Crippen LogP contribution in [0.3, 0.4) is 0 Å². The smallest absolute Gasteiger partial charge is 0.305 e. The van der Waals surface area contributed by atoms with Crippen molar-refractivity contribution in [1.29, 1.82) is 0 Å². The normalized spacial score (nSPS) is 13.7. The third kappa shape index (κ3) is 4.15. The summed E-state index contributed by atoms with van der Waals surface area (Å²) < 4.78 is 0. The molecule has 1 aromatic carbocycles. The number of nitrogens with two attached hydrogens (primary N) is 1. The van der Waals surface area contributed by atoms with E-state index in [1.54, 1.807) is 24.3 Å². The van der Waals surface area contributed by atoms with Crippen LogP contribution in [0.15, 0.2) is 30.3 Å². The van der Waals surface area contributed by atoms with E-state index in [0.717, 1.165) is 5.56 Å². The molecule has 5 N–H and O–H groups in total. The number of rotatable bonds is 6. The molecule has 0 bridgehead atoms. The highest BCUT2D eigenvalue weighted by molar-refractivity contribution is 5.86. The second-order valence-electron chi connectivity index (χ2n) is 3.86. The van der Waals surface area contributed by atoms with Gasteiger partial charge < -0.3 is 21.3 Å². The molecule has 0 spiro atoms. The summed E-state index contributed by atoms with van der Waals surface area (Å²) in [5.41, 5.74) is 6.16. The monoisotopic (exact) mass is 252 g/mol. The standard InChI is InChI=1S/C12H16N2O4/c13-9(6-11(16)17)12(18)14-10(7-15)8-4-2-1-3-5-8/h1-5,9-10,15H,6-7,13H2,(H,14,18)(H,16,17)/t9?,10-/m0/s1. The van der Waals surface area contributed by atoms with Crippen molar-refractivity contribution in [3.8, 4) is 0 Å². The Bertz CT molecular complexity index is 408. The van der Waals surface area contributed by atoms with Crippen LogP contribution >= 0.6 is 0 Å². The Morgan fingerprint density at radius 1 is 1.28 bits per heavy atom. The Morgan fingerprint density at radius 3 is 2.39 bits per heavy atom. The lowest BCUT2D eigenvalue weighted by Gasteiger charge is -2.18. The molecule has 0 aliphatic carbocycles. The van der Waals surface area contributed by atoms with Crippen molar-refractivity contribution in [2.45, 2.75) is 18.5 Å². The number of benzene rings is 1. The number of hydrogen-bond donors (Lipinski definition) is 4. The first-order chi connectivity index (χ1) is 8.54. The Morgan fingerprint density at radius 2 is 1.89 bits per heavy atom. The highest BCUT2D eigenvalue weighted by Gasteiger charge is 2.20. The zero-order valence-corrected chi connectivity index (χ0v) is 9.74. The van der Waals surface area contributed by atoms with Gasteiger partial charge in [-0.05, 0) is 5.56 Å². The van der Waals surface area contributed by atoms with E-state index in [-0.39, 0.29) is 6.61 Å². The number of carbonyl (C=O) groups is 2. The number of carboxylic acid groups (broad SMARTS) is 1. The Hall–Kier alpha value is -1.92. The molecule has 2 atom stereocenters. The summed E-state index contributed by atoms with van der Waals surface area (Å²) in [6, 6.07) is 7.17. The maximum absolute atomic E-state index is 11.6. The predicted octanol–water partition coefficient (Wildman–Crippen LogP) is -0.362. The zero-order chi connectivity index (χ0) is 13.5. The second kappa shape index (κ2) is 6.73. The Balaban J connectivity index is 2.64. The van der Waals surface area contributed by atoms with Gasteiger partial charge in [0.1, 0.15) is 0 Å². The quantitative estimate of drug-likeness (QED) is 0.552. The maximum atomic E-state index is 11.6. The van der Waals surface area contributed by atoms with Gasteiger partial charge in [0.05, 0.1) is 25.1 Å². The van der Waals surface area contributed by atoms with Crippen LogP contribution in [-0.4, -0.2) is 34.7 Å². The van der Waals surface area contributed by atoms with Crippen molar-refractivity contribution >= 4 is 11.9 Å². The summed E-state index contributed by atoms with van der Waals surface area (Å²) in [5, 5.41) is 20.3. The molecule has 6 heteroatoms. The molecule has 18 heavy (non-hydrogen) atoms. The number of aliphatic hydroxyl groups excluding tert-OH is 1. The molecule has 0 saturated heterocycles. The van der Waals surface area contributed by atoms with Crippen LogP contribution in [0.2, 0.25) is 0 Å². The first kappa shape index (κ1) is 14.1. The Labute approximate surface area is 104 Å². The predicted molar refractivity (Wildman–Crippen MR) is 64.6 cm³/mol. The van der Waals surface area contributed by atoms with Crippen LogP contribution < -0.4 is 11.1 Å². The molecule has 1 rings (SSSR count). The number of aliphatic carboxylic acids is 1. The lowest BCUT2D eigenvalue weighted by Crippen LogP contribution is -2.44. The van der Waals surface area contributed by atoms with Crippen molar-refractivity contribution in [3.63, 3.8) is 0 Å². The third-order valence-electron chi connectivity index (χ3n) is 2.43. The molecule has 1 amide bonds. The SMILES string of the molecule is NC(CC(=O)O)C(=O)N[C@@H](CO)c1ccccc1. The van der Waals surface area contributed by atoms with Gasteiger partial charge in [-0.1, -0.05) is 30.3 Å². The van der Waals surface area contributed by atoms with Gasteiger partial charge in [-0.3, -0.25) is 9.59 Å². The van der Waals surface area contributed by atoms with Gasteiger partial charge in [-0.2, -0.15) is 0 Å². The molecule has 1 unspecified atom stereocenters. The van der Waals surface area contributed by atoms with Gasteiger partial charge in [0.25, 0.3) is 0 Å². The van der Waals surface area contributed by atoms with Crippen molar-refractivity contribution < 1.29 is 19.8 Å². The molecule has 6 nitrogen and oxygen atoms in total. The molecule has 98 valence electrons. The first-order valence-corrected chi connectivity index (χ1v) is 5.48.